The van der Waals surface area contributed by atoms with E-state index in [1.54, 1.807) is 0 Å². The van der Waals surface area contributed by atoms with E-state index < -0.39 is 77.4 Å². The Hall–Kier alpha value is -5.37. The summed E-state index contributed by atoms with van der Waals surface area (Å²) in [6.45, 7) is 0. The first kappa shape index (κ1) is 29.9. The minimum Gasteiger partial charge on any atom is -0.504 e. The Morgan fingerprint density at radius 1 is 0.718 bits per heavy atom. The summed E-state index contributed by atoms with van der Waals surface area (Å²) in [4.78, 5) is 59.1. The number of carboxylic acid groups (broad SMARTS) is 2. The van der Waals surface area contributed by atoms with E-state index in [0.717, 1.165) is 48.6 Å². The van der Waals surface area contributed by atoms with Crippen LogP contribution in [0, 0.1) is 0 Å². The maximum Gasteiger partial charge on any atom is 0.372 e. The number of aliphatic hydroxyl groups is 1. The number of ether oxygens (including phenoxy) is 2. The van der Waals surface area contributed by atoms with Crippen molar-refractivity contribution in [3.63, 3.8) is 0 Å². The Balaban J connectivity index is 2.30. The number of aliphatic hydroxyl groups excluding tert-OH is 1. The molecule has 0 bridgehead atoms. The Labute approximate surface area is 218 Å². The normalized spacial score (nSPS) is 13.5. The average Bonchev–Trinajstić information content (AvgIpc) is 2.87. The summed E-state index contributed by atoms with van der Waals surface area (Å²) in [5, 5.41) is 66.0. The summed E-state index contributed by atoms with van der Waals surface area (Å²) in [7, 11) is 0. The van der Waals surface area contributed by atoms with Crippen molar-refractivity contribution in [1.29, 1.82) is 0 Å². The molecular weight excluding hydrogens is 524 g/mol. The Morgan fingerprint density at radius 3 is 1.59 bits per heavy atom. The van der Waals surface area contributed by atoms with Gasteiger partial charge in [0.05, 0.1) is 6.42 Å². The van der Waals surface area contributed by atoms with Crippen molar-refractivity contribution in [2.45, 2.75) is 24.7 Å². The zero-order chi connectivity index (χ0) is 29.3. The molecule has 14 nitrogen and oxygen atoms in total. The summed E-state index contributed by atoms with van der Waals surface area (Å²) in [6.07, 6.45) is -4.47. The van der Waals surface area contributed by atoms with Gasteiger partial charge in [0.2, 0.25) is 5.78 Å². The number of Topliss-reactive ketones (excluding diaryl/α,β-unsaturated/α-hetero) is 1. The average molecular weight is 546 g/mol. The van der Waals surface area contributed by atoms with E-state index in [1.807, 2.05) is 0 Å². The van der Waals surface area contributed by atoms with E-state index in [4.69, 9.17) is 14.6 Å². The number of hydrogen-bond acceptors (Lipinski definition) is 12. The smallest absolute Gasteiger partial charge is 0.372 e. The third-order valence-corrected chi connectivity index (χ3v) is 4.90. The van der Waals surface area contributed by atoms with Crippen LogP contribution in [0.3, 0.4) is 0 Å². The van der Waals surface area contributed by atoms with Gasteiger partial charge in [0.1, 0.15) is 6.10 Å². The number of carbonyl (C=O) groups excluding carboxylic acids is 3. The van der Waals surface area contributed by atoms with Crippen LogP contribution in [0.25, 0.3) is 12.2 Å². The summed E-state index contributed by atoms with van der Waals surface area (Å²) in [6, 6.07) is 6.95. The molecule has 2 rings (SSSR count). The van der Waals surface area contributed by atoms with Gasteiger partial charge in [0, 0.05) is 12.2 Å². The van der Waals surface area contributed by atoms with E-state index in [-0.39, 0.29) is 11.1 Å². The molecule has 39 heavy (non-hydrogen) atoms. The molecule has 0 fully saturated rings. The van der Waals surface area contributed by atoms with Gasteiger partial charge >= 0.3 is 23.9 Å². The predicted octanol–water partition coefficient (Wildman–Crippen LogP) is 0.548. The van der Waals surface area contributed by atoms with Crippen LogP contribution in [0.4, 0.5) is 0 Å². The zero-order valence-electron chi connectivity index (χ0n) is 19.7. The van der Waals surface area contributed by atoms with E-state index >= 15 is 0 Å². The molecule has 0 aliphatic carbocycles. The van der Waals surface area contributed by atoms with E-state index in [0.29, 0.717) is 0 Å². The lowest BCUT2D eigenvalue weighted by atomic mass is 10.0. The van der Waals surface area contributed by atoms with Gasteiger partial charge in [-0.2, -0.15) is 0 Å². The van der Waals surface area contributed by atoms with E-state index in [1.165, 1.54) is 12.1 Å². The number of phenols is 4. The molecule has 0 saturated heterocycles. The topological polar surface area (TPSA) is 245 Å². The van der Waals surface area contributed by atoms with Gasteiger partial charge in [0.25, 0.3) is 0 Å². The second-order valence-electron chi connectivity index (χ2n) is 7.76. The van der Waals surface area contributed by atoms with Gasteiger partial charge in [-0.15, -0.1) is 0 Å². The van der Waals surface area contributed by atoms with Crippen LogP contribution in [0.5, 0.6) is 23.0 Å². The summed E-state index contributed by atoms with van der Waals surface area (Å²) < 4.78 is 9.87. The SMILES string of the molecule is O=C(C=Cc1ccc(O)c(O)c1)OC(CC(=O)C(=O)O)C(OC(=O)C=Cc1ccc(O)c(O)c1)C(O)C(=O)O. The molecule has 0 amide bonds. The quantitative estimate of drug-likeness (QED) is 0.0832. The predicted molar refractivity (Wildman–Crippen MR) is 128 cm³/mol. The molecule has 0 radical (unpaired) electrons. The van der Waals surface area contributed by atoms with Gasteiger partial charge < -0.3 is 45.2 Å². The number of phenolic OH excluding ortho intramolecular Hbond substituents is 4. The first-order valence-electron chi connectivity index (χ1n) is 10.8. The fourth-order valence-electron chi connectivity index (χ4n) is 2.96. The van der Waals surface area contributed by atoms with Crippen molar-refractivity contribution >= 4 is 41.8 Å². The molecule has 0 heterocycles. The summed E-state index contributed by atoms with van der Waals surface area (Å²) >= 11 is 0. The highest BCUT2D eigenvalue weighted by atomic mass is 16.6. The lowest BCUT2D eigenvalue weighted by molar-refractivity contribution is -0.181. The number of hydrogen-bond donors (Lipinski definition) is 7. The highest BCUT2D eigenvalue weighted by Gasteiger charge is 2.40. The second kappa shape index (κ2) is 13.3. The molecule has 14 heteroatoms. The van der Waals surface area contributed by atoms with Crippen molar-refractivity contribution < 1.29 is 69.2 Å². The van der Waals surface area contributed by atoms with Gasteiger partial charge in [-0.25, -0.2) is 19.2 Å². The Bertz CT molecular complexity index is 1330. The van der Waals surface area contributed by atoms with Gasteiger partial charge in [0.15, 0.2) is 35.2 Å². The number of aliphatic carboxylic acids is 2. The third-order valence-electron chi connectivity index (χ3n) is 4.90. The van der Waals surface area contributed by atoms with Gasteiger partial charge in [-0.05, 0) is 47.5 Å². The minimum atomic E-state index is -2.57. The minimum absolute atomic E-state index is 0.187. The molecule has 206 valence electrons. The van der Waals surface area contributed by atoms with Crippen molar-refractivity contribution in [1.82, 2.24) is 0 Å². The van der Waals surface area contributed by atoms with Gasteiger partial charge in [-0.3, -0.25) is 4.79 Å². The number of ketones is 1. The number of carboxylic acids is 2. The van der Waals surface area contributed by atoms with Crippen LogP contribution in [0.2, 0.25) is 0 Å². The molecule has 0 aliphatic rings. The van der Waals surface area contributed by atoms with Gasteiger partial charge in [-0.1, -0.05) is 12.1 Å². The largest absolute Gasteiger partial charge is 0.504 e. The molecular formula is C25H22O14. The molecule has 3 unspecified atom stereocenters. The standard InChI is InChI=1S/C25H22O14/c26-14-5-1-12(9-16(14)28)3-7-20(31)38-19(11-18(30)24(34)35)23(22(33)25(36)37)39-21(32)8-4-13-2-6-15(27)17(29)10-13/h1-10,19,22-23,26-29,33H,11H2,(H,34,35)(H,36,37). The van der Waals surface area contributed by atoms with Crippen molar-refractivity contribution in [2.75, 3.05) is 0 Å². The number of aromatic hydroxyl groups is 4. The Kier molecular flexibility index (Phi) is 10.1. The number of benzene rings is 2. The van der Waals surface area contributed by atoms with Crippen molar-refractivity contribution in [3.05, 3.63) is 59.7 Å². The monoisotopic (exact) mass is 546 g/mol. The first-order valence-corrected chi connectivity index (χ1v) is 10.8. The van der Waals surface area contributed by atoms with Crippen molar-refractivity contribution in [2.24, 2.45) is 0 Å². The summed E-state index contributed by atoms with van der Waals surface area (Å²) in [5.41, 5.74) is 0.381. The summed E-state index contributed by atoms with van der Waals surface area (Å²) in [5.74, 6) is -10.00. The highest BCUT2D eigenvalue weighted by Crippen LogP contribution is 2.26. The molecule has 7 N–H and O–H groups in total. The maximum atomic E-state index is 12.4. The maximum absolute atomic E-state index is 12.4. The highest BCUT2D eigenvalue weighted by molar-refractivity contribution is 6.32. The number of carbonyl (C=O) groups is 5. The van der Waals surface area contributed by atoms with Crippen LogP contribution >= 0.6 is 0 Å². The molecule has 0 aliphatic heterocycles. The van der Waals surface area contributed by atoms with E-state index in [2.05, 4.69) is 0 Å². The second-order valence-corrected chi connectivity index (χ2v) is 7.76. The number of rotatable bonds is 12. The van der Waals surface area contributed by atoms with Crippen LogP contribution in [-0.4, -0.2) is 83.7 Å². The van der Waals surface area contributed by atoms with E-state index in [9.17, 15) is 54.6 Å². The Morgan fingerprint density at radius 2 is 1.18 bits per heavy atom. The van der Waals surface area contributed by atoms with Crippen LogP contribution < -0.4 is 0 Å². The lowest BCUT2D eigenvalue weighted by Gasteiger charge is -2.27. The first-order chi connectivity index (χ1) is 18.3. The molecule has 3 atom stereocenters. The zero-order valence-corrected chi connectivity index (χ0v) is 19.7. The fraction of sp³-hybridized carbons (Fsp3) is 0.160. The van der Waals surface area contributed by atoms with Crippen LogP contribution in [-0.2, 0) is 33.4 Å². The lowest BCUT2D eigenvalue weighted by Crippen LogP contribution is -2.48. The fourth-order valence-corrected chi connectivity index (χ4v) is 2.96. The number of esters is 2. The third kappa shape index (κ3) is 8.91. The molecule has 0 spiro atoms. The molecule has 0 aromatic heterocycles. The molecule has 2 aromatic rings. The van der Waals surface area contributed by atoms with Crippen LogP contribution in [0.1, 0.15) is 17.5 Å². The van der Waals surface area contributed by atoms with Crippen LogP contribution in [0.15, 0.2) is 48.6 Å². The molecule has 2 aromatic carbocycles. The van der Waals surface area contributed by atoms with Crippen molar-refractivity contribution in [3.8, 4) is 23.0 Å². The molecule has 0 saturated carbocycles.